The number of benzene rings is 3. The average Bonchev–Trinajstić information content (AvgIpc) is 3.13. The van der Waals surface area contributed by atoms with Gasteiger partial charge in [-0.15, -0.1) is 0 Å². The van der Waals surface area contributed by atoms with Gasteiger partial charge < -0.3 is 16.4 Å². The van der Waals surface area contributed by atoms with Gasteiger partial charge in [0.1, 0.15) is 11.6 Å². The number of amides is 1. The van der Waals surface area contributed by atoms with Crippen molar-refractivity contribution in [1.29, 1.82) is 0 Å². The van der Waals surface area contributed by atoms with Gasteiger partial charge in [-0.05, 0) is 77.1 Å². The Labute approximate surface area is 278 Å². The minimum absolute atomic E-state index is 0. The first kappa shape index (κ1) is 32.9. The van der Waals surface area contributed by atoms with Crippen LogP contribution in [0.15, 0.2) is 72.3 Å². The monoisotopic (exact) mass is 614 g/mol. The summed E-state index contributed by atoms with van der Waals surface area (Å²) >= 11 is 6.21. The number of anilines is 1. The van der Waals surface area contributed by atoms with Crippen LogP contribution in [0.4, 0.5) is 14.5 Å². The molecule has 5 nitrogen and oxygen atoms in total. The molecule has 0 bridgehead atoms. The predicted octanol–water partition coefficient (Wildman–Crippen LogP) is 6.20. The van der Waals surface area contributed by atoms with E-state index in [9.17, 15) is 23.5 Å². The molecule has 1 aliphatic carbocycles. The zero-order chi connectivity index (χ0) is 30.4. The van der Waals surface area contributed by atoms with E-state index in [1.54, 1.807) is 47.0 Å². The minimum atomic E-state index is -1.23. The maximum atomic E-state index is 14.0. The molecule has 0 saturated heterocycles. The van der Waals surface area contributed by atoms with Crippen molar-refractivity contribution in [1.82, 2.24) is 4.57 Å². The van der Waals surface area contributed by atoms with Crippen molar-refractivity contribution in [2.24, 2.45) is 10.8 Å². The van der Waals surface area contributed by atoms with E-state index < -0.39 is 23.5 Å². The van der Waals surface area contributed by atoms with Crippen LogP contribution < -0.4 is 34.9 Å². The quantitative estimate of drug-likeness (QED) is 0.201. The number of carbonyl (C=O) groups excluding carboxylic acids is 1. The van der Waals surface area contributed by atoms with Crippen LogP contribution in [0.3, 0.4) is 0 Å². The number of rotatable bonds is 6. The maximum absolute atomic E-state index is 14.0. The summed E-state index contributed by atoms with van der Waals surface area (Å²) in [4.78, 5) is 26.1. The molecule has 1 amide bonds. The number of carboxylic acid groups (broad SMARTS) is 1. The summed E-state index contributed by atoms with van der Waals surface area (Å²) in [5.41, 5.74) is 3.18. The molecule has 220 valence electrons. The summed E-state index contributed by atoms with van der Waals surface area (Å²) in [5, 5.41) is 14.3. The summed E-state index contributed by atoms with van der Waals surface area (Å²) in [6, 6.07) is 15.3. The number of aromatic nitrogens is 1. The van der Waals surface area contributed by atoms with Crippen LogP contribution in [0.25, 0.3) is 22.0 Å². The molecule has 5 rings (SSSR count). The van der Waals surface area contributed by atoms with E-state index in [0.717, 1.165) is 36.5 Å². The zero-order valence-corrected chi connectivity index (χ0v) is 27.8. The number of fused-ring (bicyclic) bond motifs is 1. The Morgan fingerprint density at radius 1 is 0.977 bits per heavy atom. The number of hydrogen-bond donors (Lipinski definition) is 2. The third-order valence-corrected chi connectivity index (χ3v) is 7.88. The molecule has 0 atom stereocenters. The number of carboxylic acids is 1. The number of hydrogen-bond acceptors (Lipinski definition) is 2. The number of carbonyl (C=O) groups is 2. The standard InChI is InChI=1S/C34H33ClF2N2O3.Na.H/c1-33(2)16-21(17-34(3,4)19-33)11-29(40)38-30-27-9-8-22(23-12-25(36)15-26(37)13-23)14-28(27)39(31(30)32(41)42)18-20-6-5-7-24(35)10-20;;/h5-15H,16-19H2,1-4H3,(H,38,40)(H,41,42);;/q;+1;-1. The van der Waals surface area contributed by atoms with E-state index >= 15 is 0 Å². The Bertz CT molecular complexity index is 1730. The molecule has 0 spiro atoms. The van der Waals surface area contributed by atoms with Crippen LogP contribution in [0.1, 0.15) is 64.4 Å². The Kier molecular flexibility index (Phi) is 9.62. The minimum Gasteiger partial charge on any atom is -1.00 e. The number of nitrogens with zero attached hydrogens (tertiary/aromatic N) is 1. The fraction of sp³-hybridized carbons (Fsp3) is 0.294. The van der Waals surface area contributed by atoms with Crippen molar-refractivity contribution in [3.63, 3.8) is 0 Å². The fourth-order valence-electron chi connectivity index (χ4n) is 6.74. The first-order valence-electron chi connectivity index (χ1n) is 13.8. The van der Waals surface area contributed by atoms with Crippen molar-refractivity contribution < 1.29 is 54.5 Å². The van der Waals surface area contributed by atoms with Crippen LogP contribution in [0.5, 0.6) is 0 Å². The zero-order valence-electron chi connectivity index (χ0n) is 26.0. The Balaban J connectivity index is 0.00000264. The fourth-order valence-corrected chi connectivity index (χ4v) is 6.95. The normalized spacial score (nSPS) is 15.6. The van der Waals surface area contributed by atoms with E-state index in [1.807, 2.05) is 6.07 Å². The molecular weight excluding hydrogens is 581 g/mol. The van der Waals surface area contributed by atoms with E-state index in [-0.39, 0.29) is 59.7 Å². The van der Waals surface area contributed by atoms with E-state index in [1.165, 1.54) is 12.1 Å². The van der Waals surface area contributed by atoms with Gasteiger partial charge in [0, 0.05) is 29.1 Å². The smallest absolute Gasteiger partial charge is 1.00 e. The Hall–Kier alpha value is -2.97. The van der Waals surface area contributed by atoms with Crippen LogP contribution >= 0.6 is 11.6 Å². The first-order valence-corrected chi connectivity index (χ1v) is 14.2. The summed E-state index contributed by atoms with van der Waals surface area (Å²) in [6.07, 6.45) is 4.19. The molecule has 0 radical (unpaired) electrons. The molecule has 1 aliphatic rings. The van der Waals surface area contributed by atoms with Crippen molar-refractivity contribution in [2.45, 2.75) is 53.5 Å². The SMILES string of the molecule is CC1(C)CC(=CC(=O)Nc2c(C(=O)O)n(Cc3cccc(Cl)c3)c3cc(-c4cc(F)cc(F)c4)ccc23)CC(C)(C)C1.[H-].[Na+]. The van der Waals surface area contributed by atoms with E-state index in [4.69, 9.17) is 11.6 Å². The molecule has 3 aromatic carbocycles. The number of nitrogens with one attached hydrogen (secondary N) is 1. The van der Waals surface area contributed by atoms with Gasteiger partial charge in [0.05, 0.1) is 11.2 Å². The molecule has 4 aromatic rings. The molecular formula is C34H34ClF2N2NaO3. The first-order chi connectivity index (χ1) is 19.7. The molecule has 0 unspecified atom stereocenters. The second-order valence-corrected chi connectivity index (χ2v) is 13.2. The number of allylic oxidation sites excluding steroid dienone is 1. The van der Waals surface area contributed by atoms with Gasteiger partial charge in [-0.2, -0.15) is 0 Å². The molecule has 1 fully saturated rings. The summed E-state index contributed by atoms with van der Waals surface area (Å²) in [7, 11) is 0. The van der Waals surface area contributed by atoms with E-state index in [0.29, 0.717) is 27.1 Å². The van der Waals surface area contributed by atoms with Crippen molar-refractivity contribution >= 4 is 40.1 Å². The topological polar surface area (TPSA) is 71.3 Å². The third kappa shape index (κ3) is 7.58. The Morgan fingerprint density at radius 2 is 1.63 bits per heavy atom. The Morgan fingerprint density at radius 3 is 2.23 bits per heavy atom. The third-order valence-electron chi connectivity index (χ3n) is 7.64. The molecule has 1 saturated carbocycles. The molecule has 0 aliphatic heterocycles. The van der Waals surface area contributed by atoms with Crippen molar-refractivity contribution in [3.05, 3.63) is 100 Å². The van der Waals surface area contributed by atoms with E-state index in [2.05, 4.69) is 33.0 Å². The van der Waals surface area contributed by atoms with Crippen molar-refractivity contribution in [2.75, 3.05) is 5.32 Å². The molecule has 1 aromatic heterocycles. The predicted molar refractivity (Wildman–Crippen MR) is 164 cm³/mol. The second kappa shape index (κ2) is 12.6. The second-order valence-electron chi connectivity index (χ2n) is 12.8. The molecule has 2 N–H and O–H groups in total. The summed E-state index contributed by atoms with van der Waals surface area (Å²) in [6.45, 7) is 8.89. The van der Waals surface area contributed by atoms with Crippen LogP contribution in [0.2, 0.25) is 5.02 Å². The van der Waals surface area contributed by atoms with Gasteiger partial charge in [0.15, 0.2) is 5.69 Å². The summed E-state index contributed by atoms with van der Waals surface area (Å²) in [5.74, 6) is -3.07. The van der Waals surface area contributed by atoms with Gasteiger partial charge in [-0.3, -0.25) is 4.79 Å². The van der Waals surface area contributed by atoms with Gasteiger partial charge in [0.25, 0.3) is 0 Å². The number of halogens is 3. The van der Waals surface area contributed by atoms with Gasteiger partial charge in [0.2, 0.25) is 5.91 Å². The average molecular weight is 615 g/mol. The molecule has 1 heterocycles. The summed E-state index contributed by atoms with van der Waals surface area (Å²) < 4.78 is 29.7. The van der Waals surface area contributed by atoms with Crippen LogP contribution in [-0.4, -0.2) is 21.6 Å². The molecule has 43 heavy (non-hydrogen) atoms. The molecule has 9 heteroatoms. The van der Waals surface area contributed by atoms with Gasteiger partial charge >= 0.3 is 35.5 Å². The number of aromatic carboxylic acids is 1. The van der Waals surface area contributed by atoms with Crippen molar-refractivity contribution in [3.8, 4) is 11.1 Å². The van der Waals surface area contributed by atoms with Crippen LogP contribution in [-0.2, 0) is 11.3 Å². The van der Waals surface area contributed by atoms with Gasteiger partial charge in [-0.25, -0.2) is 13.6 Å². The largest absolute Gasteiger partial charge is 1.00 e. The maximum Gasteiger partial charge on any atom is 1.00 e. The van der Waals surface area contributed by atoms with Crippen LogP contribution in [0, 0.1) is 22.5 Å². The van der Waals surface area contributed by atoms with Gasteiger partial charge in [-0.1, -0.05) is 69.1 Å².